The Kier molecular flexibility index (Phi) is 3.53. The van der Waals surface area contributed by atoms with Gasteiger partial charge in [-0.15, -0.1) is 0 Å². The van der Waals surface area contributed by atoms with Crippen molar-refractivity contribution in [2.24, 2.45) is 0 Å². The number of pyridine rings is 1. The van der Waals surface area contributed by atoms with Gasteiger partial charge in [0.2, 0.25) is 5.88 Å². The molecule has 2 N–H and O–H groups in total. The highest BCUT2D eigenvalue weighted by Gasteiger charge is 2.20. The van der Waals surface area contributed by atoms with E-state index in [-0.39, 0.29) is 12.0 Å². The number of fused-ring (bicyclic) bond motifs is 1. The van der Waals surface area contributed by atoms with E-state index in [9.17, 15) is 9.59 Å². The van der Waals surface area contributed by atoms with Crippen molar-refractivity contribution in [3.05, 3.63) is 52.6 Å². The Bertz CT molecular complexity index is 956. The van der Waals surface area contributed by atoms with Crippen molar-refractivity contribution in [2.75, 3.05) is 5.32 Å². The highest BCUT2D eigenvalue weighted by Crippen LogP contribution is 2.24. The van der Waals surface area contributed by atoms with Crippen LogP contribution in [-0.4, -0.2) is 22.0 Å². The molecule has 0 spiro atoms. The molecule has 4 rings (SSSR count). The van der Waals surface area contributed by atoms with Gasteiger partial charge < -0.3 is 14.5 Å². The van der Waals surface area contributed by atoms with E-state index in [0.29, 0.717) is 28.2 Å². The molecule has 2 heterocycles. The van der Waals surface area contributed by atoms with Crippen molar-refractivity contribution in [3.8, 4) is 5.88 Å². The normalized spacial score (nSPS) is 14.3. The van der Waals surface area contributed by atoms with Crippen LogP contribution in [0.4, 0.5) is 5.69 Å². The first-order valence-electron chi connectivity index (χ1n) is 7.74. The Morgan fingerprint density at radius 1 is 1.29 bits per heavy atom. The molecule has 1 aliphatic carbocycles. The number of H-pyrrole nitrogens is 1. The predicted octanol–water partition coefficient (Wildman–Crippen LogP) is 2.70. The van der Waals surface area contributed by atoms with E-state index in [1.54, 1.807) is 36.5 Å². The molecule has 0 aliphatic heterocycles. The maximum absolute atomic E-state index is 12.4. The zero-order chi connectivity index (χ0) is 16.5. The van der Waals surface area contributed by atoms with Crippen LogP contribution in [0.25, 0.3) is 11.1 Å². The molecule has 0 radical (unpaired) electrons. The smallest absolute Gasteiger partial charge is 0.417 e. The van der Waals surface area contributed by atoms with Gasteiger partial charge >= 0.3 is 5.76 Å². The third kappa shape index (κ3) is 2.88. The molecule has 1 saturated carbocycles. The molecule has 24 heavy (non-hydrogen) atoms. The average molecular weight is 325 g/mol. The van der Waals surface area contributed by atoms with E-state index in [2.05, 4.69) is 15.3 Å². The molecular formula is C17H15N3O4. The van der Waals surface area contributed by atoms with E-state index < -0.39 is 5.76 Å². The SMILES string of the molecule is O=C(Nc1ccc2oc(=O)[nH]c2c1)c1ccnc(OC2CCC2)c1. The summed E-state index contributed by atoms with van der Waals surface area (Å²) in [6.45, 7) is 0. The van der Waals surface area contributed by atoms with Crippen LogP contribution >= 0.6 is 0 Å². The number of hydrogen-bond donors (Lipinski definition) is 2. The molecule has 1 amide bonds. The summed E-state index contributed by atoms with van der Waals surface area (Å²) in [5, 5.41) is 2.78. The quantitative estimate of drug-likeness (QED) is 0.768. The second kappa shape index (κ2) is 5.84. The molecule has 1 aliphatic rings. The van der Waals surface area contributed by atoms with Gasteiger partial charge in [0.15, 0.2) is 5.58 Å². The van der Waals surface area contributed by atoms with Gasteiger partial charge in [-0.2, -0.15) is 0 Å². The maximum Gasteiger partial charge on any atom is 0.417 e. The summed E-state index contributed by atoms with van der Waals surface area (Å²) in [6, 6.07) is 8.20. The van der Waals surface area contributed by atoms with Crippen LogP contribution < -0.4 is 15.8 Å². The van der Waals surface area contributed by atoms with Gasteiger partial charge in [-0.3, -0.25) is 9.78 Å². The van der Waals surface area contributed by atoms with Gasteiger partial charge in [-0.1, -0.05) is 0 Å². The van der Waals surface area contributed by atoms with Crippen LogP contribution in [0.3, 0.4) is 0 Å². The summed E-state index contributed by atoms with van der Waals surface area (Å²) in [5.74, 6) is -0.344. The fourth-order valence-electron chi connectivity index (χ4n) is 2.51. The Labute approximate surface area is 136 Å². The number of ether oxygens (including phenoxy) is 1. The molecule has 7 nitrogen and oxygen atoms in total. The third-order valence-corrected chi connectivity index (χ3v) is 4.01. The summed E-state index contributed by atoms with van der Waals surface area (Å²) < 4.78 is 10.6. The zero-order valence-electron chi connectivity index (χ0n) is 12.7. The van der Waals surface area contributed by atoms with Crippen LogP contribution in [0.1, 0.15) is 29.6 Å². The van der Waals surface area contributed by atoms with Crippen molar-refractivity contribution in [1.29, 1.82) is 0 Å². The first-order valence-corrected chi connectivity index (χ1v) is 7.74. The average Bonchev–Trinajstić information content (AvgIpc) is 2.90. The number of benzene rings is 1. The molecule has 0 unspecified atom stereocenters. The summed E-state index contributed by atoms with van der Waals surface area (Å²) in [7, 11) is 0. The number of carbonyl (C=O) groups excluding carboxylic acids is 1. The van der Waals surface area contributed by atoms with Crippen LogP contribution in [0.2, 0.25) is 0 Å². The fourth-order valence-corrected chi connectivity index (χ4v) is 2.51. The highest BCUT2D eigenvalue weighted by atomic mass is 16.5. The largest absolute Gasteiger partial charge is 0.474 e. The van der Waals surface area contributed by atoms with E-state index in [4.69, 9.17) is 9.15 Å². The summed E-state index contributed by atoms with van der Waals surface area (Å²) in [4.78, 5) is 30.2. The molecule has 0 bridgehead atoms. The van der Waals surface area contributed by atoms with Gasteiger partial charge in [-0.25, -0.2) is 9.78 Å². The second-order valence-electron chi connectivity index (χ2n) is 5.73. The molecule has 2 aromatic heterocycles. The topological polar surface area (TPSA) is 97.2 Å². The van der Waals surface area contributed by atoms with E-state index >= 15 is 0 Å². The number of amides is 1. The summed E-state index contributed by atoms with van der Waals surface area (Å²) in [5.41, 5.74) is 1.99. The lowest BCUT2D eigenvalue weighted by Gasteiger charge is -2.25. The van der Waals surface area contributed by atoms with Crippen LogP contribution in [0.15, 0.2) is 45.7 Å². The summed E-state index contributed by atoms with van der Waals surface area (Å²) in [6.07, 6.45) is 4.99. The van der Waals surface area contributed by atoms with Crippen LogP contribution in [-0.2, 0) is 0 Å². The monoisotopic (exact) mass is 325 g/mol. The Morgan fingerprint density at radius 2 is 2.17 bits per heavy atom. The first-order chi connectivity index (χ1) is 11.7. The van der Waals surface area contributed by atoms with Crippen molar-refractivity contribution in [2.45, 2.75) is 25.4 Å². The Hall–Kier alpha value is -3.09. The number of rotatable bonds is 4. The minimum absolute atomic E-state index is 0.205. The van der Waals surface area contributed by atoms with Gasteiger partial charge in [0.05, 0.1) is 5.52 Å². The van der Waals surface area contributed by atoms with E-state index in [1.807, 2.05) is 0 Å². The lowest BCUT2D eigenvalue weighted by atomic mass is 9.96. The number of carbonyl (C=O) groups is 1. The molecule has 0 atom stereocenters. The fraction of sp³-hybridized carbons (Fsp3) is 0.235. The van der Waals surface area contributed by atoms with E-state index in [0.717, 1.165) is 12.8 Å². The zero-order valence-corrected chi connectivity index (χ0v) is 12.7. The minimum Gasteiger partial charge on any atom is -0.474 e. The number of aromatic nitrogens is 2. The number of oxazole rings is 1. The molecule has 1 aromatic carbocycles. The molecular weight excluding hydrogens is 310 g/mol. The lowest BCUT2D eigenvalue weighted by Crippen LogP contribution is -2.25. The molecule has 0 saturated heterocycles. The first kappa shape index (κ1) is 14.5. The van der Waals surface area contributed by atoms with Gasteiger partial charge in [0.1, 0.15) is 6.10 Å². The van der Waals surface area contributed by atoms with Crippen LogP contribution in [0, 0.1) is 0 Å². The van der Waals surface area contributed by atoms with Crippen LogP contribution in [0.5, 0.6) is 5.88 Å². The molecule has 122 valence electrons. The number of hydrogen-bond acceptors (Lipinski definition) is 5. The highest BCUT2D eigenvalue weighted by molar-refractivity contribution is 6.05. The standard InChI is InChI=1S/C17H15N3O4/c21-16(10-6-7-18-15(8-10)23-12-2-1-3-12)19-11-4-5-14-13(9-11)20-17(22)24-14/h4-9,12H,1-3H2,(H,19,21)(H,20,22). The lowest BCUT2D eigenvalue weighted by molar-refractivity contribution is 0.101. The Morgan fingerprint density at radius 3 is 2.96 bits per heavy atom. The minimum atomic E-state index is -0.527. The maximum atomic E-state index is 12.4. The van der Waals surface area contributed by atoms with E-state index in [1.165, 1.54) is 6.42 Å². The van der Waals surface area contributed by atoms with Crippen molar-refractivity contribution in [1.82, 2.24) is 9.97 Å². The number of anilines is 1. The number of nitrogens with one attached hydrogen (secondary N) is 2. The molecule has 7 heteroatoms. The summed E-state index contributed by atoms with van der Waals surface area (Å²) >= 11 is 0. The number of aromatic amines is 1. The van der Waals surface area contributed by atoms with Gasteiger partial charge in [0, 0.05) is 23.5 Å². The molecule has 3 aromatic rings. The van der Waals surface area contributed by atoms with Crippen molar-refractivity contribution < 1.29 is 13.9 Å². The predicted molar refractivity (Wildman–Crippen MR) is 87.3 cm³/mol. The van der Waals surface area contributed by atoms with Crippen molar-refractivity contribution >= 4 is 22.7 Å². The van der Waals surface area contributed by atoms with Gasteiger partial charge in [-0.05, 0) is 43.5 Å². The Balaban J connectivity index is 1.51. The van der Waals surface area contributed by atoms with Crippen molar-refractivity contribution in [3.63, 3.8) is 0 Å². The second-order valence-corrected chi connectivity index (χ2v) is 5.73. The molecule has 1 fully saturated rings. The number of nitrogens with zero attached hydrogens (tertiary/aromatic N) is 1. The van der Waals surface area contributed by atoms with Gasteiger partial charge in [0.25, 0.3) is 5.91 Å². The third-order valence-electron chi connectivity index (χ3n) is 4.01.